The first kappa shape index (κ1) is 82.6. The Bertz CT molecular complexity index is 2240. The summed E-state index contributed by atoms with van der Waals surface area (Å²) in [7, 11) is 1.11. The van der Waals surface area contributed by atoms with E-state index in [2.05, 4.69) is 220 Å². The van der Waals surface area contributed by atoms with Crippen molar-refractivity contribution in [2.45, 2.75) is 225 Å². The van der Waals surface area contributed by atoms with E-state index in [1.807, 2.05) is 21.1 Å². The van der Waals surface area contributed by atoms with Crippen molar-refractivity contribution in [2.24, 2.45) is 0 Å². The molecule has 0 aromatic carbocycles. The number of carbonyl (C=O) groups excluding carboxylic acids is 2. The highest BCUT2D eigenvalue weighted by Gasteiger charge is 2.22. The zero-order valence-corrected chi connectivity index (χ0v) is 56.7. The van der Waals surface area contributed by atoms with Gasteiger partial charge in [0.2, 0.25) is 0 Å². The molecular formula is C78H122NO8P. The quantitative estimate of drug-likeness (QED) is 0.0195. The third-order valence-electron chi connectivity index (χ3n) is 13.3. The van der Waals surface area contributed by atoms with Crippen LogP contribution in [0.2, 0.25) is 0 Å². The fraction of sp³-hybridized carbons (Fsp3) is 0.538. The van der Waals surface area contributed by atoms with Crippen molar-refractivity contribution in [1.82, 2.24) is 0 Å². The van der Waals surface area contributed by atoms with Crippen LogP contribution >= 0.6 is 7.82 Å². The second kappa shape index (κ2) is 66.0. The Kier molecular flexibility index (Phi) is 62.0. The Morgan fingerprint density at radius 2 is 0.614 bits per heavy atom. The van der Waals surface area contributed by atoms with E-state index in [9.17, 15) is 19.0 Å². The molecule has 0 aliphatic rings. The van der Waals surface area contributed by atoms with Gasteiger partial charge in [0.05, 0.1) is 27.7 Å². The molecule has 0 fully saturated rings. The van der Waals surface area contributed by atoms with E-state index in [0.29, 0.717) is 23.9 Å². The highest BCUT2D eigenvalue weighted by atomic mass is 31.2. The molecule has 2 unspecified atom stereocenters. The SMILES string of the molecule is CC/C=C\C/C=C\C/C=C\C/C=C\C/C=C\C/C=C\C/C=C\C/C=C\C/C=C\CCCCCCCC(=O)OC(COC(=O)CCCCCCCC/C=C\C/C=C\C/C=C\C/C=C\C/C=C\C/C=C\C/C=C\C/C=C\CC)COP(=O)([O-])OCC[N+](C)(C)C. The summed E-state index contributed by atoms with van der Waals surface area (Å²) in [5.41, 5.74) is 0. The van der Waals surface area contributed by atoms with Crippen LogP contribution in [0.3, 0.4) is 0 Å². The number of hydrogen-bond acceptors (Lipinski definition) is 8. The van der Waals surface area contributed by atoms with Crippen LogP contribution in [0.1, 0.15) is 219 Å². The van der Waals surface area contributed by atoms with Gasteiger partial charge in [-0.2, -0.15) is 0 Å². The van der Waals surface area contributed by atoms with Crippen LogP contribution in [0.4, 0.5) is 0 Å². The number of quaternary nitrogens is 1. The maximum atomic E-state index is 12.9. The minimum absolute atomic E-state index is 0.0503. The third-order valence-corrected chi connectivity index (χ3v) is 14.3. The van der Waals surface area contributed by atoms with Gasteiger partial charge in [-0.15, -0.1) is 0 Å². The maximum absolute atomic E-state index is 12.9. The van der Waals surface area contributed by atoms with Crippen molar-refractivity contribution in [3.8, 4) is 0 Å². The van der Waals surface area contributed by atoms with Crippen LogP contribution in [-0.4, -0.2) is 70.0 Å². The van der Waals surface area contributed by atoms with E-state index in [4.69, 9.17) is 18.5 Å². The van der Waals surface area contributed by atoms with Crippen molar-refractivity contribution in [1.29, 1.82) is 0 Å². The Hall–Kier alpha value is -5.41. The lowest BCUT2D eigenvalue weighted by Gasteiger charge is -2.28. The summed E-state index contributed by atoms with van der Waals surface area (Å²) < 4.78 is 34.2. The lowest BCUT2D eigenvalue weighted by Crippen LogP contribution is -2.37. The molecule has 10 heteroatoms. The fourth-order valence-electron chi connectivity index (χ4n) is 8.19. The van der Waals surface area contributed by atoms with Gasteiger partial charge in [-0.25, -0.2) is 0 Å². The standard InChI is InChI=1S/C78H122NO8P/c1-6-8-10-12-14-16-18-20-22-24-26-28-30-32-34-36-38-39-41-43-45-47-49-51-53-55-57-59-61-63-65-67-69-71-78(81)87-76(75-86-88(82,83)85-73-72-79(3,4)5)74-84-77(80)70-68-66-64-62-60-58-56-54-52-50-48-46-44-42-40-37-35-33-31-29-27-25-23-21-19-17-15-13-11-9-7-2/h8-11,14-17,20-23,26-29,32-35,38-40,42-43,45-46,48-49,51-52,54-55,57,76H,6-7,12-13,18-19,24-25,30-31,36-37,41,44,47,50,53,56,58-75H2,1-5H3/b10-8-,11-9-,16-14-,17-15-,22-20-,23-21-,28-26-,29-27-,34-32-,35-33-,39-38-,42-40-,45-43-,48-46-,51-49-,54-52-,57-55-. The smallest absolute Gasteiger partial charge is 0.306 e. The number of ether oxygens (including phenoxy) is 2. The number of carbonyl (C=O) groups is 2. The van der Waals surface area contributed by atoms with Gasteiger partial charge in [-0.1, -0.05) is 265 Å². The summed E-state index contributed by atoms with van der Waals surface area (Å²) in [5.74, 6) is -0.891. The van der Waals surface area contributed by atoms with Crippen molar-refractivity contribution in [2.75, 3.05) is 47.5 Å². The minimum atomic E-state index is -4.67. The van der Waals surface area contributed by atoms with Crippen LogP contribution in [0.25, 0.3) is 0 Å². The van der Waals surface area contributed by atoms with Crippen LogP contribution in [0.15, 0.2) is 207 Å². The molecule has 0 aliphatic carbocycles. The second-order valence-corrected chi connectivity index (χ2v) is 24.1. The van der Waals surface area contributed by atoms with Crippen molar-refractivity contribution in [3.63, 3.8) is 0 Å². The number of allylic oxidation sites excluding steroid dienone is 34. The number of likely N-dealkylation sites (N-methyl/N-ethyl adjacent to an activating group) is 1. The average Bonchev–Trinajstić information content (AvgIpc) is 3.56. The van der Waals surface area contributed by atoms with Gasteiger partial charge >= 0.3 is 11.9 Å². The zero-order valence-electron chi connectivity index (χ0n) is 55.8. The molecule has 2 atom stereocenters. The summed E-state index contributed by atoms with van der Waals surface area (Å²) in [6.45, 7) is 3.94. The molecule has 0 rings (SSSR count). The van der Waals surface area contributed by atoms with Crippen molar-refractivity contribution in [3.05, 3.63) is 207 Å². The molecule has 0 saturated carbocycles. The maximum Gasteiger partial charge on any atom is 0.306 e. The predicted octanol–water partition coefficient (Wildman–Crippen LogP) is 21.6. The van der Waals surface area contributed by atoms with Crippen molar-refractivity contribution >= 4 is 19.8 Å². The number of esters is 2. The lowest BCUT2D eigenvalue weighted by atomic mass is 10.1. The Balaban J connectivity index is 4.26. The summed E-state index contributed by atoms with van der Waals surface area (Å²) in [6, 6.07) is 0. The van der Waals surface area contributed by atoms with Crippen LogP contribution in [0.5, 0.6) is 0 Å². The first-order valence-corrected chi connectivity index (χ1v) is 35.3. The van der Waals surface area contributed by atoms with Gasteiger partial charge < -0.3 is 27.9 Å². The summed E-state index contributed by atoms with van der Waals surface area (Å²) >= 11 is 0. The van der Waals surface area contributed by atoms with Gasteiger partial charge in [0.15, 0.2) is 6.10 Å². The van der Waals surface area contributed by atoms with Gasteiger partial charge in [0, 0.05) is 12.8 Å². The minimum Gasteiger partial charge on any atom is -0.756 e. The second-order valence-electron chi connectivity index (χ2n) is 22.7. The normalized spacial score (nSPS) is 14.5. The molecule has 0 spiro atoms. The number of rotatable bonds is 59. The van der Waals surface area contributed by atoms with E-state index in [1.165, 1.54) is 0 Å². The Morgan fingerprint density at radius 3 is 0.909 bits per heavy atom. The van der Waals surface area contributed by atoms with Gasteiger partial charge in [-0.05, 0) is 148 Å². The predicted molar refractivity (Wildman–Crippen MR) is 378 cm³/mol. The molecule has 88 heavy (non-hydrogen) atoms. The highest BCUT2D eigenvalue weighted by molar-refractivity contribution is 7.45. The number of nitrogens with zero attached hydrogens (tertiary/aromatic N) is 1. The van der Waals surface area contributed by atoms with Gasteiger partial charge in [0.25, 0.3) is 7.82 Å². The number of unbranched alkanes of at least 4 members (excludes halogenated alkanes) is 11. The molecule has 0 radical (unpaired) electrons. The molecule has 0 heterocycles. The lowest BCUT2D eigenvalue weighted by molar-refractivity contribution is -0.870. The molecule has 0 aliphatic heterocycles. The molecule has 0 amide bonds. The van der Waals surface area contributed by atoms with E-state index in [-0.39, 0.29) is 26.1 Å². The van der Waals surface area contributed by atoms with Crippen LogP contribution in [0, 0.1) is 0 Å². The van der Waals surface area contributed by atoms with Crippen LogP contribution in [-0.2, 0) is 32.7 Å². The summed E-state index contributed by atoms with van der Waals surface area (Å²) in [4.78, 5) is 38.0. The first-order chi connectivity index (χ1) is 43.0. The molecule has 0 aromatic heterocycles. The van der Waals surface area contributed by atoms with Crippen molar-refractivity contribution < 1.29 is 42.1 Å². The highest BCUT2D eigenvalue weighted by Crippen LogP contribution is 2.38. The summed E-state index contributed by atoms with van der Waals surface area (Å²) in [5, 5.41) is 0. The number of hydrogen-bond donors (Lipinski definition) is 0. The van der Waals surface area contributed by atoms with Crippen LogP contribution < -0.4 is 4.89 Å². The zero-order chi connectivity index (χ0) is 64.1. The topological polar surface area (TPSA) is 111 Å². The van der Waals surface area contributed by atoms with Gasteiger partial charge in [0.1, 0.15) is 19.8 Å². The van der Waals surface area contributed by atoms with E-state index < -0.39 is 32.5 Å². The summed E-state index contributed by atoms with van der Waals surface area (Å²) in [6.07, 6.45) is 105. The monoisotopic (exact) mass is 1230 g/mol. The van der Waals surface area contributed by atoms with E-state index in [0.717, 1.165) is 180 Å². The Labute approximate surface area is 538 Å². The molecule has 492 valence electrons. The fourth-order valence-corrected chi connectivity index (χ4v) is 8.92. The largest absolute Gasteiger partial charge is 0.756 e. The molecule has 0 aromatic rings. The van der Waals surface area contributed by atoms with E-state index in [1.54, 1.807) is 0 Å². The number of phosphoric ester groups is 1. The average molecular weight is 1230 g/mol. The number of phosphoric acid groups is 1. The molecule has 0 bridgehead atoms. The molecule has 0 N–H and O–H groups in total. The van der Waals surface area contributed by atoms with E-state index >= 15 is 0 Å². The molecule has 0 saturated heterocycles. The molecular weight excluding hydrogens is 1110 g/mol. The molecule has 9 nitrogen and oxygen atoms in total. The van der Waals surface area contributed by atoms with Gasteiger partial charge in [-0.3, -0.25) is 14.2 Å². The first-order valence-electron chi connectivity index (χ1n) is 33.8. The Morgan fingerprint density at radius 1 is 0.352 bits per heavy atom. The third kappa shape index (κ3) is 69.7.